The van der Waals surface area contributed by atoms with Gasteiger partial charge in [-0.05, 0) is 127 Å². The lowest BCUT2D eigenvalue weighted by atomic mass is 9.82. The molecule has 1 aromatic heterocycles. The molecule has 1 heterocycles. The fourth-order valence-electron chi connectivity index (χ4n) is 10.3. The highest BCUT2D eigenvalue weighted by Crippen LogP contribution is 2.54. The molecule has 11 aromatic rings. The summed E-state index contributed by atoms with van der Waals surface area (Å²) in [6.07, 6.45) is 0. The molecule has 0 spiro atoms. The van der Waals surface area contributed by atoms with Gasteiger partial charge in [0, 0.05) is 38.8 Å². The lowest BCUT2D eigenvalue weighted by Gasteiger charge is -2.29. The fourth-order valence-corrected chi connectivity index (χ4v) is 10.3. The Hall–Kier alpha value is -7.68. The van der Waals surface area contributed by atoms with Gasteiger partial charge in [0.25, 0.3) is 0 Å². The first-order valence-corrected chi connectivity index (χ1v) is 21.3. The highest BCUT2D eigenvalue weighted by Gasteiger charge is 2.37. The maximum atomic E-state index is 2.48. The zero-order chi connectivity index (χ0) is 40.7. The minimum atomic E-state index is -0.119. The van der Waals surface area contributed by atoms with Crippen LogP contribution in [0.25, 0.3) is 82.4 Å². The maximum absolute atomic E-state index is 2.48. The first kappa shape index (κ1) is 35.3. The molecule has 0 aliphatic heterocycles. The van der Waals surface area contributed by atoms with Crippen molar-refractivity contribution in [1.82, 2.24) is 4.57 Å². The Morgan fingerprint density at radius 3 is 1.89 bits per heavy atom. The highest BCUT2D eigenvalue weighted by molar-refractivity contribution is 6.14. The molecular formula is C59H42N2. The molecule has 0 unspecified atom stereocenters. The van der Waals surface area contributed by atoms with Gasteiger partial charge in [-0.3, -0.25) is 0 Å². The van der Waals surface area contributed by atoms with E-state index in [9.17, 15) is 0 Å². The van der Waals surface area contributed by atoms with Gasteiger partial charge in [0.1, 0.15) is 0 Å². The quantitative estimate of drug-likeness (QED) is 0.153. The highest BCUT2D eigenvalue weighted by atomic mass is 15.1. The van der Waals surface area contributed by atoms with Crippen molar-refractivity contribution < 1.29 is 0 Å². The van der Waals surface area contributed by atoms with Crippen LogP contribution in [-0.4, -0.2) is 4.57 Å². The molecule has 1 aliphatic carbocycles. The van der Waals surface area contributed by atoms with E-state index in [0.717, 1.165) is 11.4 Å². The predicted molar refractivity (Wildman–Crippen MR) is 259 cm³/mol. The Morgan fingerprint density at radius 1 is 0.377 bits per heavy atom. The number of nitrogens with zero attached hydrogens (tertiary/aromatic N) is 2. The van der Waals surface area contributed by atoms with E-state index in [1.807, 2.05) is 0 Å². The van der Waals surface area contributed by atoms with E-state index < -0.39 is 0 Å². The van der Waals surface area contributed by atoms with Crippen LogP contribution < -0.4 is 4.90 Å². The number of rotatable bonds is 6. The van der Waals surface area contributed by atoms with E-state index >= 15 is 0 Å². The second-order valence-corrected chi connectivity index (χ2v) is 16.9. The van der Waals surface area contributed by atoms with E-state index in [-0.39, 0.29) is 5.41 Å². The van der Waals surface area contributed by atoms with Crippen molar-refractivity contribution >= 4 is 60.4 Å². The molecule has 288 valence electrons. The van der Waals surface area contributed by atoms with Gasteiger partial charge in [0.15, 0.2) is 0 Å². The summed E-state index contributed by atoms with van der Waals surface area (Å²) in [5, 5.41) is 7.57. The lowest BCUT2D eigenvalue weighted by molar-refractivity contribution is 0.660. The molecule has 0 atom stereocenters. The summed E-state index contributed by atoms with van der Waals surface area (Å²) in [4.78, 5) is 2.48. The van der Waals surface area contributed by atoms with Gasteiger partial charge < -0.3 is 9.47 Å². The average Bonchev–Trinajstić information content (AvgIpc) is 3.77. The first-order chi connectivity index (χ1) is 30.0. The number of anilines is 3. The zero-order valence-corrected chi connectivity index (χ0v) is 34.2. The minimum Gasteiger partial charge on any atom is -0.310 e. The fraction of sp³-hybridized carbons (Fsp3) is 0.0508. The summed E-state index contributed by atoms with van der Waals surface area (Å²) in [6, 6.07) is 80.4. The van der Waals surface area contributed by atoms with Crippen LogP contribution in [0, 0.1) is 0 Å². The lowest BCUT2D eigenvalue weighted by Crippen LogP contribution is -2.16. The second kappa shape index (κ2) is 13.7. The van der Waals surface area contributed by atoms with Gasteiger partial charge in [0.05, 0.1) is 16.7 Å². The standard InChI is InChI=1S/C59H42N2/c1-59(2)53-26-12-10-25-50(53)58-54(59)27-15-29-57(58)60(45-20-14-17-41(36-45)51-38-42-16-6-7-21-46(42)47-22-8-9-23-48(47)51)44-33-30-39(31-34-44)40-32-35-56-52(37-40)49-24-11-13-28-55(49)61(56)43-18-4-3-5-19-43/h3-38H,1-2H3. The molecule has 0 saturated carbocycles. The van der Waals surface area contributed by atoms with Gasteiger partial charge in [-0.15, -0.1) is 0 Å². The molecule has 12 rings (SSSR count). The maximum Gasteiger partial charge on any atom is 0.0543 e. The third-order valence-electron chi connectivity index (χ3n) is 13.2. The zero-order valence-electron chi connectivity index (χ0n) is 34.2. The van der Waals surface area contributed by atoms with E-state index in [1.165, 1.54) is 99.2 Å². The van der Waals surface area contributed by atoms with Crippen molar-refractivity contribution in [2.24, 2.45) is 0 Å². The van der Waals surface area contributed by atoms with Crippen LogP contribution in [-0.2, 0) is 5.41 Å². The van der Waals surface area contributed by atoms with Crippen LogP contribution in [0.3, 0.4) is 0 Å². The molecule has 0 saturated heterocycles. The Balaban J connectivity index is 1.03. The second-order valence-electron chi connectivity index (χ2n) is 16.9. The number of hydrogen-bond donors (Lipinski definition) is 0. The SMILES string of the molecule is CC1(C)c2ccccc2-c2c(N(c3ccc(-c4ccc5c(c4)c4ccccc4n5-c4ccccc4)cc3)c3cccc(-c4cc5ccccc5c5ccccc45)c3)cccc21. The summed E-state index contributed by atoms with van der Waals surface area (Å²) >= 11 is 0. The summed E-state index contributed by atoms with van der Waals surface area (Å²) in [5.41, 5.74) is 17.0. The number of hydrogen-bond acceptors (Lipinski definition) is 1. The summed E-state index contributed by atoms with van der Waals surface area (Å²) in [7, 11) is 0. The Kier molecular flexibility index (Phi) is 7.92. The van der Waals surface area contributed by atoms with Gasteiger partial charge in [0.2, 0.25) is 0 Å². The van der Waals surface area contributed by atoms with Crippen molar-refractivity contribution in [2.75, 3.05) is 4.90 Å². The third-order valence-corrected chi connectivity index (χ3v) is 13.2. The summed E-state index contributed by atoms with van der Waals surface area (Å²) in [5.74, 6) is 0. The van der Waals surface area contributed by atoms with Gasteiger partial charge in [-0.1, -0.05) is 166 Å². The average molecular weight is 779 g/mol. The van der Waals surface area contributed by atoms with E-state index in [2.05, 4.69) is 242 Å². The summed E-state index contributed by atoms with van der Waals surface area (Å²) in [6.45, 7) is 4.72. The smallest absolute Gasteiger partial charge is 0.0543 e. The van der Waals surface area contributed by atoms with Crippen LogP contribution in [0.4, 0.5) is 17.1 Å². The van der Waals surface area contributed by atoms with Gasteiger partial charge in [-0.2, -0.15) is 0 Å². The molecule has 2 nitrogen and oxygen atoms in total. The minimum absolute atomic E-state index is 0.119. The van der Waals surface area contributed by atoms with Crippen LogP contribution in [0.2, 0.25) is 0 Å². The van der Waals surface area contributed by atoms with Crippen molar-refractivity contribution in [3.63, 3.8) is 0 Å². The third kappa shape index (κ3) is 5.49. The van der Waals surface area contributed by atoms with Crippen molar-refractivity contribution in [3.8, 4) is 39.1 Å². The molecule has 10 aromatic carbocycles. The first-order valence-electron chi connectivity index (χ1n) is 21.3. The molecule has 0 fully saturated rings. The molecule has 1 aliphatic rings. The Morgan fingerprint density at radius 2 is 1.03 bits per heavy atom. The monoisotopic (exact) mass is 778 g/mol. The number of aromatic nitrogens is 1. The van der Waals surface area contributed by atoms with Crippen molar-refractivity contribution in [3.05, 3.63) is 230 Å². The van der Waals surface area contributed by atoms with E-state index in [4.69, 9.17) is 0 Å². The van der Waals surface area contributed by atoms with Crippen molar-refractivity contribution in [1.29, 1.82) is 0 Å². The summed E-state index contributed by atoms with van der Waals surface area (Å²) < 4.78 is 2.38. The van der Waals surface area contributed by atoms with Crippen LogP contribution >= 0.6 is 0 Å². The molecular weight excluding hydrogens is 737 g/mol. The number of fused-ring (bicyclic) bond motifs is 9. The molecule has 0 bridgehead atoms. The van der Waals surface area contributed by atoms with Crippen LogP contribution in [0.5, 0.6) is 0 Å². The van der Waals surface area contributed by atoms with Crippen LogP contribution in [0.1, 0.15) is 25.0 Å². The molecule has 61 heavy (non-hydrogen) atoms. The molecule has 0 N–H and O–H groups in total. The topological polar surface area (TPSA) is 8.17 Å². The van der Waals surface area contributed by atoms with E-state index in [1.54, 1.807) is 0 Å². The largest absolute Gasteiger partial charge is 0.310 e. The van der Waals surface area contributed by atoms with Crippen molar-refractivity contribution in [2.45, 2.75) is 19.3 Å². The van der Waals surface area contributed by atoms with Gasteiger partial charge >= 0.3 is 0 Å². The Bertz CT molecular complexity index is 3500. The van der Waals surface area contributed by atoms with E-state index in [0.29, 0.717) is 0 Å². The molecule has 2 heteroatoms. The molecule has 0 radical (unpaired) electrons. The molecule has 0 amide bonds. The number of para-hydroxylation sites is 2. The normalized spacial score (nSPS) is 12.9. The van der Waals surface area contributed by atoms with Gasteiger partial charge in [-0.25, -0.2) is 0 Å². The predicted octanol–water partition coefficient (Wildman–Crippen LogP) is 16.2. The van der Waals surface area contributed by atoms with Crippen LogP contribution in [0.15, 0.2) is 218 Å². The number of benzene rings is 10. The Labute approximate surface area is 356 Å².